The Morgan fingerprint density at radius 3 is 2.67 bits per heavy atom. The topological polar surface area (TPSA) is 43.9 Å². The molecule has 1 aromatic heterocycles. The van der Waals surface area contributed by atoms with Crippen molar-refractivity contribution in [2.45, 2.75) is 31.8 Å². The second-order valence-corrected chi connectivity index (χ2v) is 8.34. The molecule has 2 amide bonds. The highest BCUT2D eigenvalue weighted by Gasteiger charge is 2.43. The summed E-state index contributed by atoms with van der Waals surface area (Å²) in [6.45, 7) is 3.82. The first kappa shape index (κ1) is 17.4. The third kappa shape index (κ3) is 3.09. The standard InChI is InChI=1S/C18H27N3O2S/c1-12-10-21(11-14(12)19(2)3)18(23)13-7-8-16(22)20(4)17(13)15-6-5-9-24-15/h5-6,9,12-14,17H,7-8,10-11H2,1-4H3/t12-,13-,14-,17-/m1/s1. The molecule has 132 valence electrons. The van der Waals surface area contributed by atoms with Crippen molar-refractivity contribution in [1.82, 2.24) is 14.7 Å². The third-order valence-corrected chi connectivity index (χ3v) is 6.50. The summed E-state index contributed by atoms with van der Waals surface area (Å²) in [6.07, 6.45) is 1.12. The lowest BCUT2D eigenvalue weighted by atomic mass is 9.87. The molecular formula is C18H27N3O2S. The smallest absolute Gasteiger partial charge is 0.228 e. The van der Waals surface area contributed by atoms with Crippen LogP contribution in [0.15, 0.2) is 17.5 Å². The summed E-state index contributed by atoms with van der Waals surface area (Å²) in [5.74, 6) is 0.703. The van der Waals surface area contributed by atoms with Crippen LogP contribution in [-0.4, -0.2) is 66.8 Å². The van der Waals surface area contributed by atoms with E-state index < -0.39 is 0 Å². The molecule has 0 saturated carbocycles. The van der Waals surface area contributed by atoms with E-state index in [9.17, 15) is 9.59 Å². The molecule has 5 nitrogen and oxygen atoms in total. The summed E-state index contributed by atoms with van der Waals surface area (Å²) in [5.41, 5.74) is 0. The predicted octanol–water partition coefficient (Wildman–Crippen LogP) is 2.07. The van der Waals surface area contributed by atoms with Gasteiger partial charge in [-0.25, -0.2) is 0 Å². The van der Waals surface area contributed by atoms with Crippen molar-refractivity contribution in [2.75, 3.05) is 34.2 Å². The van der Waals surface area contributed by atoms with Crippen molar-refractivity contribution in [3.05, 3.63) is 22.4 Å². The van der Waals surface area contributed by atoms with Crippen molar-refractivity contribution < 1.29 is 9.59 Å². The SMILES string of the molecule is C[C@@H]1CN(C(=O)[C@@H]2CCC(=O)N(C)[C@H]2c2cccs2)C[C@H]1N(C)C. The summed E-state index contributed by atoms with van der Waals surface area (Å²) >= 11 is 1.63. The van der Waals surface area contributed by atoms with E-state index in [2.05, 4.69) is 25.9 Å². The van der Waals surface area contributed by atoms with Crippen LogP contribution in [0, 0.1) is 11.8 Å². The van der Waals surface area contributed by atoms with Crippen molar-refractivity contribution in [3.63, 3.8) is 0 Å². The molecule has 2 aliphatic rings. The molecule has 0 bridgehead atoms. The van der Waals surface area contributed by atoms with Gasteiger partial charge in [-0.3, -0.25) is 9.59 Å². The van der Waals surface area contributed by atoms with Gasteiger partial charge in [0.1, 0.15) is 0 Å². The zero-order chi connectivity index (χ0) is 17.4. The number of hydrogen-bond acceptors (Lipinski definition) is 4. The average Bonchev–Trinajstić information content (AvgIpc) is 3.18. The molecule has 2 saturated heterocycles. The molecule has 0 unspecified atom stereocenters. The molecule has 0 aromatic carbocycles. The lowest BCUT2D eigenvalue weighted by Gasteiger charge is -2.39. The Balaban J connectivity index is 1.81. The molecule has 3 rings (SSSR count). The predicted molar refractivity (Wildman–Crippen MR) is 95.8 cm³/mol. The molecule has 1 aromatic rings. The van der Waals surface area contributed by atoms with Crippen LogP contribution < -0.4 is 0 Å². The molecule has 0 spiro atoms. The van der Waals surface area contributed by atoms with Gasteiger partial charge in [0.15, 0.2) is 0 Å². The number of hydrogen-bond donors (Lipinski definition) is 0. The highest BCUT2D eigenvalue weighted by molar-refractivity contribution is 7.10. The maximum Gasteiger partial charge on any atom is 0.228 e. The Morgan fingerprint density at radius 1 is 1.33 bits per heavy atom. The minimum atomic E-state index is -0.125. The number of carbonyl (C=O) groups excluding carboxylic acids is 2. The van der Waals surface area contributed by atoms with Gasteiger partial charge in [0.2, 0.25) is 11.8 Å². The summed E-state index contributed by atoms with van der Waals surface area (Å²) in [4.78, 5) is 32.5. The maximum atomic E-state index is 13.2. The average molecular weight is 350 g/mol. The molecule has 0 N–H and O–H groups in total. The molecular weight excluding hydrogens is 322 g/mol. The quantitative estimate of drug-likeness (QED) is 0.839. The van der Waals surface area contributed by atoms with Crippen LogP contribution in [0.3, 0.4) is 0 Å². The highest BCUT2D eigenvalue weighted by Crippen LogP contribution is 2.39. The van der Waals surface area contributed by atoms with Crippen LogP contribution in [-0.2, 0) is 9.59 Å². The first-order chi connectivity index (χ1) is 11.4. The van der Waals surface area contributed by atoms with E-state index in [-0.39, 0.29) is 23.8 Å². The van der Waals surface area contributed by atoms with E-state index in [1.165, 1.54) is 0 Å². The maximum absolute atomic E-state index is 13.2. The zero-order valence-electron chi connectivity index (χ0n) is 14.9. The van der Waals surface area contributed by atoms with Gasteiger partial charge < -0.3 is 14.7 Å². The number of piperidine rings is 1. The highest BCUT2D eigenvalue weighted by atomic mass is 32.1. The van der Waals surface area contributed by atoms with Crippen LogP contribution in [0.25, 0.3) is 0 Å². The van der Waals surface area contributed by atoms with Gasteiger partial charge in [0.05, 0.1) is 12.0 Å². The van der Waals surface area contributed by atoms with E-state index in [4.69, 9.17) is 0 Å². The van der Waals surface area contributed by atoms with E-state index in [1.54, 1.807) is 16.2 Å². The van der Waals surface area contributed by atoms with Gasteiger partial charge >= 0.3 is 0 Å². The fourth-order valence-electron chi connectivity index (χ4n) is 4.18. The van der Waals surface area contributed by atoms with Gasteiger partial charge in [0.25, 0.3) is 0 Å². The van der Waals surface area contributed by atoms with Gasteiger partial charge in [0, 0.05) is 37.5 Å². The molecule has 2 fully saturated rings. The Labute approximate surface area is 148 Å². The van der Waals surface area contributed by atoms with Gasteiger partial charge in [-0.05, 0) is 37.9 Å². The van der Waals surface area contributed by atoms with Crippen molar-refractivity contribution in [1.29, 1.82) is 0 Å². The fourth-order valence-corrected chi connectivity index (χ4v) is 5.11. The number of amides is 2. The Hall–Kier alpha value is -1.40. The molecule has 24 heavy (non-hydrogen) atoms. The first-order valence-corrected chi connectivity index (χ1v) is 9.52. The number of nitrogens with zero attached hydrogens (tertiary/aromatic N) is 3. The van der Waals surface area contributed by atoms with Crippen molar-refractivity contribution >= 4 is 23.2 Å². The molecule has 4 atom stereocenters. The number of carbonyl (C=O) groups is 2. The molecule has 0 radical (unpaired) electrons. The van der Waals surface area contributed by atoms with Crippen molar-refractivity contribution in [2.24, 2.45) is 11.8 Å². The number of likely N-dealkylation sites (N-methyl/N-ethyl adjacent to an activating group) is 1. The Morgan fingerprint density at radius 2 is 2.08 bits per heavy atom. The summed E-state index contributed by atoms with van der Waals surface area (Å²) in [5, 5.41) is 2.02. The van der Waals surface area contributed by atoms with Crippen LogP contribution >= 0.6 is 11.3 Å². The second kappa shape index (κ2) is 6.84. The molecule has 0 aliphatic carbocycles. The number of rotatable bonds is 3. The zero-order valence-corrected chi connectivity index (χ0v) is 15.8. The van der Waals surface area contributed by atoms with E-state index in [0.717, 1.165) is 18.0 Å². The van der Waals surface area contributed by atoms with E-state index in [1.807, 2.05) is 29.5 Å². The monoisotopic (exact) mass is 349 g/mol. The lowest BCUT2D eigenvalue weighted by molar-refractivity contribution is -0.146. The van der Waals surface area contributed by atoms with Crippen LogP contribution in [0.4, 0.5) is 0 Å². The molecule has 2 aliphatic heterocycles. The van der Waals surface area contributed by atoms with Crippen LogP contribution in [0.2, 0.25) is 0 Å². The molecule has 6 heteroatoms. The van der Waals surface area contributed by atoms with Gasteiger partial charge in [-0.1, -0.05) is 13.0 Å². The second-order valence-electron chi connectivity index (χ2n) is 7.36. The summed E-state index contributed by atoms with van der Waals surface area (Å²) in [6, 6.07) is 4.33. The molecule has 3 heterocycles. The van der Waals surface area contributed by atoms with Crippen molar-refractivity contribution in [3.8, 4) is 0 Å². The summed E-state index contributed by atoms with van der Waals surface area (Å²) < 4.78 is 0. The van der Waals surface area contributed by atoms with Crippen LogP contribution in [0.5, 0.6) is 0 Å². The fraction of sp³-hybridized carbons (Fsp3) is 0.667. The lowest BCUT2D eigenvalue weighted by Crippen LogP contribution is -2.47. The third-order valence-electron chi connectivity index (χ3n) is 5.56. The number of likely N-dealkylation sites (tertiary alicyclic amines) is 2. The largest absolute Gasteiger partial charge is 0.340 e. The number of thiophene rings is 1. The summed E-state index contributed by atoms with van der Waals surface area (Å²) in [7, 11) is 5.99. The van der Waals surface area contributed by atoms with Gasteiger partial charge in [-0.2, -0.15) is 0 Å². The van der Waals surface area contributed by atoms with E-state index >= 15 is 0 Å². The van der Waals surface area contributed by atoms with E-state index in [0.29, 0.717) is 24.8 Å². The first-order valence-electron chi connectivity index (χ1n) is 8.64. The minimum Gasteiger partial charge on any atom is -0.340 e. The normalized spacial score (nSPS) is 31.1. The van der Waals surface area contributed by atoms with Crippen LogP contribution in [0.1, 0.15) is 30.7 Å². The van der Waals surface area contributed by atoms with Gasteiger partial charge in [-0.15, -0.1) is 11.3 Å². The minimum absolute atomic E-state index is 0.118. The Kier molecular flexibility index (Phi) is 4.97. The Bertz CT molecular complexity index is 601.